The lowest BCUT2D eigenvalue weighted by Gasteiger charge is -2.36. The van der Waals surface area contributed by atoms with Gasteiger partial charge in [-0.05, 0) is 30.9 Å². The number of carbonyl (C=O) groups excluding carboxylic acids is 1. The van der Waals surface area contributed by atoms with Gasteiger partial charge in [0.2, 0.25) is 5.91 Å². The zero-order valence-electron chi connectivity index (χ0n) is 13.8. The molecule has 122 valence electrons. The molecule has 22 heavy (non-hydrogen) atoms. The smallest absolute Gasteiger partial charge is 0.237 e. The van der Waals surface area contributed by atoms with Gasteiger partial charge in [0.1, 0.15) is 0 Å². The highest BCUT2D eigenvalue weighted by Crippen LogP contribution is 2.19. The predicted molar refractivity (Wildman–Crippen MR) is 90.3 cm³/mol. The summed E-state index contributed by atoms with van der Waals surface area (Å²) < 4.78 is 0. The van der Waals surface area contributed by atoms with Gasteiger partial charge in [-0.1, -0.05) is 50.6 Å². The third kappa shape index (κ3) is 4.82. The van der Waals surface area contributed by atoms with E-state index >= 15 is 0 Å². The van der Waals surface area contributed by atoms with Crippen LogP contribution in [0.1, 0.15) is 38.7 Å². The topological polar surface area (TPSA) is 58.4 Å². The number of benzene rings is 1. The molecule has 4 heteroatoms. The van der Waals surface area contributed by atoms with Crippen molar-refractivity contribution in [1.82, 2.24) is 10.2 Å². The van der Waals surface area contributed by atoms with Crippen molar-refractivity contribution >= 4 is 5.91 Å². The molecule has 0 radical (unpaired) electrons. The first-order chi connectivity index (χ1) is 10.6. The van der Waals surface area contributed by atoms with Crippen molar-refractivity contribution in [3.63, 3.8) is 0 Å². The highest BCUT2D eigenvalue weighted by atomic mass is 16.2. The first kappa shape index (κ1) is 17.0. The molecule has 4 nitrogen and oxygen atoms in total. The maximum Gasteiger partial charge on any atom is 0.237 e. The fraction of sp³-hybridized carbons (Fsp3) is 0.611. The van der Waals surface area contributed by atoms with Gasteiger partial charge in [0, 0.05) is 19.1 Å². The van der Waals surface area contributed by atoms with Crippen LogP contribution < -0.4 is 11.1 Å². The summed E-state index contributed by atoms with van der Waals surface area (Å²) in [5, 5.41) is 3.04. The molecule has 1 aliphatic rings. The summed E-state index contributed by atoms with van der Waals surface area (Å²) in [7, 11) is 0. The van der Waals surface area contributed by atoms with Gasteiger partial charge in [-0.25, -0.2) is 0 Å². The first-order valence-corrected chi connectivity index (χ1v) is 8.39. The van der Waals surface area contributed by atoms with E-state index in [0.29, 0.717) is 12.6 Å². The van der Waals surface area contributed by atoms with Crippen LogP contribution in [0.2, 0.25) is 0 Å². The Bertz CT molecular complexity index is 461. The van der Waals surface area contributed by atoms with Crippen LogP contribution in [0.15, 0.2) is 30.3 Å². The minimum Gasteiger partial charge on any atom is -0.353 e. The van der Waals surface area contributed by atoms with E-state index < -0.39 is 6.04 Å². The Balaban J connectivity index is 1.88. The Morgan fingerprint density at radius 3 is 2.73 bits per heavy atom. The van der Waals surface area contributed by atoms with Crippen LogP contribution in [0.4, 0.5) is 0 Å². The Hall–Kier alpha value is -1.39. The molecule has 1 saturated heterocycles. The van der Waals surface area contributed by atoms with Crippen LogP contribution in [0.3, 0.4) is 0 Å². The van der Waals surface area contributed by atoms with Gasteiger partial charge in [0.05, 0.1) is 6.04 Å². The normalized spacial score (nSPS) is 20.8. The number of hydrogen-bond acceptors (Lipinski definition) is 3. The summed E-state index contributed by atoms with van der Waals surface area (Å²) in [4.78, 5) is 14.5. The van der Waals surface area contributed by atoms with E-state index in [1.54, 1.807) is 0 Å². The van der Waals surface area contributed by atoms with Crippen LogP contribution in [0.5, 0.6) is 0 Å². The van der Waals surface area contributed by atoms with E-state index in [2.05, 4.69) is 34.5 Å². The van der Waals surface area contributed by atoms with Gasteiger partial charge in [0.15, 0.2) is 0 Å². The lowest BCUT2D eigenvalue weighted by atomic mass is 10.00. The number of piperidine rings is 1. The number of nitrogens with one attached hydrogen (secondary N) is 1. The molecule has 1 aromatic carbocycles. The first-order valence-electron chi connectivity index (χ1n) is 8.39. The summed E-state index contributed by atoms with van der Waals surface area (Å²) in [6.07, 6.45) is 3.62. The number of nitrogens with two attached hydrogens (primary N) is 1. The molecule has 2 atom stereocenters. The average Bonchev–Trinajstić information content (AvgIpc) is 2.54. The highest BCUT2D eigenvalue weighted by Gasteiger charge is 2.24. The van der Waals surface area contributed by atoms with Crippen LogP contribution in [-0.2, 0) is 11.3 Å². The fourth-order valence-corrected chi connectivity index (χ4v) is 2.96. The van der Waals surface area contributed by atoms with Gasteiger partial charge in [-0.15, -0.1) is 0 Å². The second-order valence-corrected chi connectivity index (χ2v) is 6.62. The van der Waals surface area contributed by atoms with Gasteiger partial charge in [0.25, 0.3) is 0 Å². The molecule has 1 amide bonds. The second-order valence-electron chi connectivity index (χ2n) is 6.62. The molecule has 0 aliphatic carbocycles. The minimum atomic E-state index is -0.411. The second kappa shape index (κ2) is 8.30. The van der Waals surface area contributed by atoms with Crippen molar-refractivity contribution in [1.29, 1.82) is 0 Å². The monoisotopic (exact) mass is 303 g/mol. The maximum atomic E-state index is 12.0. The van der Waals surface area contributed by atoms with E-state index in [1.807, 2.05) is 19.9 Å². The SMILES string of the molecule is CC(C)C(N)C(=O)NCC1CCCCN1Cc1ccccc1. The van der Waals surface area contributed by atoms with Gasteiger partial charge in [-0.2, -0.15) is 0 Å². The molecule has 2 unspecified atom stereocenters. The molecule has 1 heterocycles. The Morgan fingerprint density at radius 1 is 1.32 bits per heavy atom. The van der Waals surface area contributed by atoms with Crippen LogP contribution in [-0.4, -0.2) is 36.0 Å². The summed E-state index contributed by atoms with van der Waals surface area (Å²) >= 11 is 0. The summed E-state index contributed by atoms with van der Waals surface area (Å²) in [5.74, 6) is 0.145. The number of rotatable bonds is 6. The van der Waals surface area contributed by atoms with Crippen molar-refractivity contribution in [3.8, 4) is 0 Å². The largest absolute Gasteiger partial charge is 0.353 e. The quantitative estimate of drug-likeness (QED) is 0.846. The van der Waals surface area contributed by atoms with Crippen molar-refractivity contribution in [2.75, 3.05) is 13.1 Å². The molecular weight excluding hydrogens is 274 g/mol. The van der Waals surface area contributed by atoms with Crippen molar-refractivity contribution < 1.29 is 4.79 Å². The van der Waals surface area contributed by atoms with Crippen molar-refractivity contribution in [2.45, 2.75) is 51.7 Å². The van der Waals surface area contributed by atoms with E-state index in [-0.39, 0.29) is 11.8 Å². The number of likely N-dealkylation sites (tertiary alicyclic amines) is 1. The van der Waals surface area contributed by atoms with E-state index in [4.69, 9.17) is 5.73 Å². The van der Waals surface area contributed by atoms with Gasteiger partial charge < -0.3 is 11.1 Å². The maximum absolute atomic E-state index is 12.0. The molecule has 0 spiro atoms. The van der Waals surface area contributed by atoms with E-state index in [0.717, 1.165) is 19.5 Å². The molecule has 0 aromatic heterocycles. The number of hydrogen-bond donors (Lipinski definition) is 2. The molecule has 1 aliphatic heterocycles. The van der Waals surface area contributed by atoms with Gasteiger partial charge >= 0.3 is 0 Å². The van der Waals surface area contributed by atoms with Crippen LogP contribution >= 0.6 is 0 Å². The lowest BCUT2D eigenvalue weighted by molar-refractivity contribution is -0.123. The Labute approximate surface area is 134 Å². The summed E-state index contributed by atoms with van der Waals surface area (Å²) in [6, 6.07) is 10.5. The molecule has 0 bridgehead atoms. The van der Waals surface area contributed by atoms with E-state index in [9.17, 15) is 4.79 Å². The van der Waals surface area contributed by atoms with Crippen LogP contribution in [0.25, 0.3) is 0 Å². The predicted octanol–water partition coefficient (Wildman–Crippen LogP) is 2.14. The zero-order chi connectivity index (χ0) is 15.9. The van der Waals surface area contributed by atoms with Gasteiger partial charge in [-0.3, -0.25) is 9.69 Å². The lowest BCUT2D eigenvalue weighted by Crippen LogP contribution is -2.50. The number of carbonyl (C=O) groups is 1. The molecular formula is C18H29N3O. The zero-order valence-corrected chi connectivity index (χ0v) is 13.8. The number of amides is 1. The van der Waals surface area contributed by atoms with Crippen molar-refractivity contribution in [3.05, 3.63) is 35.9 Å². The molecule has 0 saturated carbocycles. The standard InChI is InChI=1S/C18H29N3O/c1-14(2)17(19)18(22)20-12-16-10-6-7-11-21(16)13-15-8-4-3-5-9-15/h3-5,8-9,14,16-17H,6-7,10-13,19H2,1-2H3,(H,20,22). The minimum absolute atomic E-state index is 0.0276. The molecule has 1 aromatic rings. The fourth-order valence-electron chi connectivity index (χ4n) is 2.96. The molecule has 3 N–H and O–H groups in total. The Kier molecular flexibility index (Phi) is 6.40. The molecule has 2 rings (SSSR count). The van der Waals surface area contributed by atoms with E-state index in [1.165, 1.54) is 18.4 Å². The highest BCUT2D eigenvalue weighted by molar-refractivity contribution is 5.81. The number of nitrogens with zero attached hydrogens (tertiary/aromatic N) is 1. The van der Waals surface area contributed by atoms with Crippen LogP contribution in [0, 0.1) is 5.92 Å². The third-order valence-corrected chi connectivity index (χ3v) is 4.51. The third-order valence-electron chi connectivity index (χ3n) is 4.51. The molecule has 1 fully saturated rings. The summed E-state index contributed by atoms with van der Waals surface area (Å²) in [6.45, 7) is 6.72. The van der Waals surface area contributed by atoms with Crippen molar-refractivity contribution in [2.24, 2.45) is 11.7 Å². The average molecular weight is 303 g/mol. The summed E-state index contributed by atoms with van der Waals surface area (Å²) in [5.41, 5.74) is 7.24. The Morgan fingerprint density at radius 2 is 2.05 bits per heavy atom.